The van der Waals surface area contributed by atoms with Crippen LogP contribution in [0, 0.1) is 0 Å². The normalized spacial score (nSPS) is 11.0. The van der Waals surface area contributed by atoms with Gasteiger partial charge in [0.1, 0.15) is 6.54 Å². The second kappa shape index (κ2) is 4.45. The zero-order valence-electron chi connectivity index (χ0n) is 9.97. The molecule has 1 amide bonds. The van der Waals surface area contributed by atoms with Crippen LogP contribution in [-0.2, 0) is 11.3 Å². The quantitative estimate of drug-likeness (QED) is 0.779. The van der Waals surface area contributed by atoms with Gasteiger partial charge in [0, 0.05) is 17.1 Å². The first-order valence-corrected chi connectivity index (χ1v) is 5.56. The summed E-state index contributed by atoms with van der Waals surface area (Å²) in [5.74, 6) is -0.0487. The van der Waals surface area contributed by atoms with E-state index in [-0.39, 0.29) is 18.5 Å². The first-order chi connectivity index (χ1) is 8.06. The maximum absolute atomic E-state index is 11.6. The molecule has 0 fully saturated rings. The van der Waals surface area contributed by atoms with Crippen LogP contribution in [0.25, 0.3) is 10.9 Å². The molecule has 1 heterocycles. The third kappa shape index (κ3) is 2.55. The predicted octanol–water partition coefficient (Wildman–Crippen LogP) is 1.14. The highest BCUT2D eigenvalue weighted by Crippen LogP contribution is 2.16. The summed E-state index contributed by atoms with van der Waals surface area (Å²) in [5.41, 5.74) is 7.27. The Labute approximate surface area is 99.6 Å². The molecule has 0 atom stereocenters. The van der Waals surface area contributed by atoms with Gasteiger partial charge in [-0.3, -0.25) is 9.48 Å². The number of benzene rings is 1. The van der Waals surface area contributed by atoms with Gasteiger partial charge in [0.2, 0.25) is 5.91 Å². The number of nitrogens with zero attached hydrogens (tertiary/aromatic N) is 2. The van der Waals surface area contributed by atoms with Crippen LogP contribution < -0.4 is 11.1 Å². The third-order valence-electron chi connectivity index (χ3n) is 2.41. The summed E-state index contributed by atoms with van der Waals surface area (Å²) in [5, 5.41) is 8.00. The molecule has 5 heteroatoms. The summed E-state index contributed by atoms with van der Waals surface area (Å²) >= 11 is 0. The average molecular weight is 232 g/mol. The van der Waals surface area contributed by atoms with E-state index in [4.69, 9.17) is 5.73 Å². The molecule has 0 aliphatic carbocycles. The number of hydrogen-bond donors (Lipinski definition) is 2. The molecule has 1 aromatic carbocycles. The molecule has 3 N–H and O–H groups in total. The van der Waals surface area contributed by atoms with E-state index in [9.17, 15) is 4.79 Å². The SMILES string of the molecule is CC(C)NC(=O)Cn1ncc2ccc(N)cc21. The zero-order chi connectivity index (χ0) is 12.4. The van der Waals surface area contributed by atoms with Crippen molar-refractivity contribution in [1.29, 1.82) is 0 Å². The van der Waals surface area contributed by atoms with Crippen molar-refractivity contribution in [1.82, 2.24) is 15.1 Å². The Morgan fingerprint density at radius 3 is 3.00 bits per heavy atom. The monoisotopic (exact) mass is 232 g/mol. The molecule has 0 saturated heterocycles. The van der Waals surface area contributed by atoms with Gasteiger partial charge in [0.05, 0.1) is 11.7 Å². The molecule has 0 radical (unpaired) electrons. The van der Waals surface area contributed by atoms with Crippen LogP contribution in [0.5, 0.6) is 0 Å². The molecule has 2 aromatic rings. The summed E-state index contributed by atoms with van der Waals surface area (Å²) in [7, 11) is 0. The van der Waals surface area contributed by atoms with Crippen LogP contribution >= 0.6 is 0 Å². The number of carbonyl (C=O) groups is 1. The highest BCUT2D eigenvalue weighted by Gasteiger charge is 2.08. The van der Waals surface area contributed by atoms with Crippen molar-refractivity contribution in [3.05, 3.63) is 24.4 Å². The molecule has 1 aromatic heterocycles. The number of anilines is 1. The van der Waals surface area contributed by atoms with Gasteiger partial charge in [-0.2, -0.15) is 5.10 Å². The fourth-order valence-electron chi connectivity index (χ4n) is 1.72. The highest BCUT2D eigenvalue weighted by molar-refractivity contribution is 5.84. The lowest BCUT2D eigenvalue weighted by molar-refractivity contribution is -0.122. The van der Waals surface area contributed by atoms with Crippen LogP contribution in [-0.4, -0.2) is 21.7 Å². The fourth-order valence-corrected chi connectivity index (χ4v) is 1.72. The molecule has 0 spiro atoms. The molecule has 0 bridgehead atoms. The summed E-state index contributed by atoms with van der Waals surface area (Å²) in [6.45, 7) is 4.07. The van der Waals surface area contributed by atoms with Gasteiger partial charge in [-0.1, -0.05) is 0 Å². The summed E-state index contributed by atoms with van der Waals surface area (Å²) in [6, 6.07) is 5.68. The molecule has 0 aliphatic heterocycles. The Balaban J connectivity index is 2.24. The molecule has 2 rings (SSSR count). The van der Waals surface area contributed by atoms with Crippen LogP contribution in [0.15, 0.2) is 24.4 Å². The van der Waals surface area contributed by atoms with Crippen LogP contribution in [0.4, 0.5) is 5.69 Å². The summed E-state index contributed by atoms with van der Waals surface area (Å²) in [4.78, 5) is 11.6. The molecule has 5 nitrogen and oxygen atoms in total. The average Bonchev–Trinajstić information content (AvgIpc) is 2.60. The van der Waals surface area contributed by atoms with Crippen molar-refractivity contribution >= 4 is 22.5 Å². The maximum Gasteiger partial charge on any atom is 0.241 e. The lowest BCUT2D eigenvalue weighted by Gasteiger charge is -2.08. The predicted molar refractivity (Wildman–Crippen MR) is 67.4 cm³/mol. The second-order valence-electron chi connectivity index (χ2n) is 4.34. The van der Waals surface area contributed by atoms with E-state index in [0.717, 1.165) is 10.9 Å². The Kier molecular flexibility index (Phi) is 2.99. The second-order valence-corrected chi connectivity index (χ2v) is 4.34. The van der Waals surface area contributed by atoms with Gasteiger partial charge >= 0.3 is 0 Å². The van der Waals surface area contributed by atoms with E-state index in [1.807, 2.05) is 32.0 Å². The number of carbonyl (C=O) groups excluding carboxylic acids is 1. The topological polar surface area (TPSA) is 72.9 Å². The Morgan fingerprint density at radius 1 is 1.53 bits per heavy atom. The first kappa shape index (κ1) is 11.4. The Hall–Kier alpha value is -2.04. The van der Waals surface area contributed by atoms with Gasteiger partial charge in [0.15, 0.2) is 0 Å². The number of nitrogens with two attached hydrogens (primary N) is 1. The molecule has 17 heavy (non-hydrogen) atoms. The van der Waals surface area contributed by atoms with Gasteiger partial charge < -0.3 is 11.1 Å². The van der Waals surface area contributed by atoms with Crippen molar-refractivity contribution in [2.75, 3.05) is 5.73 Å². The Morgan fingerprint density at radius 2 is 2.29 bits per heavy atom. The van der Waals surface area contributed by atoms with Crippen LogP contribution in [0.1, 0.15) is 13.8 Å². The van der Waals surface area contributed by atoms with Gasteiger partial charge in [-0.25, -0.2) is 0 Å². The third-order valence-corrected chi connectivity index (χ3v) is 2.41. The van der Waals surface area contributed by atoms with E-state index in [2.05, 4.69) is 10.4 Å². The van der Waals surface area contributed by atoms with Gasteiger partial charge in [-0.05, 0) is 32.0 Å². The maximum atomic E-state index is 11.6. The number of fused-ring (bicyclic) bond motifs is 1. The van der Waals surface area contributed by atoms with E-state index in [0.29, 0.717) is 5.69 Å². The van der Waals surface area contributed by atoms with Crippen molar-refractivity contribution in [2.45, 2.75) is 26.4 Å². The summed E-state index contributed by atoms with van der Waals surface area (Å²) < 4.78 is 1.66. The standard InChI is InChI=1S/C12H16N4O/c1-8(2)15-12(17)7-16-11-5-10(13)4-3-9(11)6-14-16/h3-6,8H,7,13H2,1-2H3,(H,15,17). The smallest absolute Gasteiger partial charge is 0.241 e. The molecular formula is C12H16N4O. The first-order valence-electron chi connectivity index (χ1n) is 5.56. The van der Waals surface area contributed by atoms with E-state index in [1.54, 1.807) is 10.9 Å². The number of rotatable bonds is 3. The van der Waals surface area contributed by atoms with Crippen LogP contribution in [0.3, 0.4) is 0 Å². The minimum Gasteiger partial charge on any atom is -0.399 e. The lowest BCUT2D eigenvalue weighted by atomic mass is 10.2. The van der Waals surface area contributed by atoms with Crippen molar-refractivity contribution in [3.8, 4) is 0 Å². The number of nitrogens with one attached hydrogen (secondary N) is 1. The minimum atomic E-state index is -0.0487. The molecular weight excluding hydrogens is 216 g/mol. The fraction of sp³-hybridized carbons (Fsp3) is 0.333. The molecule has 90 valence electrons. The van der Waals surface area contributed by atoms with Gasteiger partial charge in [-0.15, -0.1) is 0 Å². The zero-order valence-corrected chi connectivity index (χ0v) is 9.97. The van der Waals surface area contributed by atoms with E-state index < -0.39 is 0 Å². The number of nitrogen functional groups attached to an aromatic ring is 1. The summed E-state index contributed by atoms with van der Waals surface area (Å²) in [6.07, 6.45) is 1.73. The van der Waals surface area contributed by atoms with E-state index >= 15 is 0 Å². The number of aromatic nitrogens is 2. The van der Waals surface area contributed by atoms with Crippen LogP contribution in [0.2, 0.25) is 0 Å². The van der Waals surface area contributed by atoms with E-state index in [1.165, 1.54) is 0 Å². The largest absolute Gasteiger partial charge is 0.399 e. The number of hydrogen-bond acceptors (Lipinski definition) is 3. The van der Waals surface area contributed by atoms with Crippen molar-refractivity contribution < 1.29 is 4.79 Å². The Bertz CT molecular complexity index is 544. The lowest BCUT2D eigenvalue weighted by Crippen LogP contribution is -2.33. The molecule has 0 aliphatic rings. The van der Waals surface area contributed by atoms with Crippen molar-refractivity contribution in [2.24, 2.45) is 0 Å². The van der Waals surface area contributed by atoms with Gasteiger partial charge in [0.25, 0.3) is 0 Å². The highest BCUT2D eigenvalue weighted by atomic mass is 16.2. The van der Waals surface area contributed by atoms with Crippen molar-refractivity contribution in [3.63, 3.8) is 0 Å². The number of amides is 1. The minimum absolute atomic E-state index is 0.0487. The molecule has 0 saturated carbocycles. The molecule has 0 unspecified atom stereocenters.